The molecule has 0 spiro atoms. The first-order chi connectivity index (χ1) is 10.6. The maximum Gasteiger partial charge on any atom is 0.353 e. The molecule has 0 saturated heterocycles. The number of rotatable bonds is 3. The van der Waals surface area contributed by atoms with E-state index in [1.807, 2.05) is 24.5 Å². The van der Waals surface area contributed by atoms with Crippen LogP contribution in [0.2, 0.25) is 0 Å². The third-order valence-electron chi connectivity index (χ3n) is 3.44. The Morgan fingerprint density at radius 3 is 2.68 bits per heavy atom. The Morgan fingerprint density at radius 1 is 1.14 bits per heavy atom. The van der Waals surface area contributed by atoms with Crippen molar-refractivity contribution in [2.45, 2.75) is 24.7 Å². The van der Waals surface area contributed by atoms with Crippen LogP contribution in [0, 0.1) is 0 Å². The quantitative estimate of drug-likeness (QED) is 0.696. The molecule has 0 fully saturated rings. The average molecular weight is 312 g/mol. The molecule has 0 radical (unpaired) electrons. The van der Waals surface area contributed by atoms with Crippen LogP contribution in [-0.4, -0.2) is 25.8 Å². The van der Waals surface area contributed by atoms with Crippen LogP contribution >= 0.6 is 11.8 Å². The van der Waals surface area contributed by atoms with Gasteiger partial charge in [-0.2, -0.15) is 0 Å². The molecule has 22 heavy (non-hydrogen) atoms. The molecule has 0 atom stereocenters. The summed E-state index contributed by atoms with van der Waals surface area (Å²) in [6.45, 7) is 4.12. The number of hydrogen-bond donors (Lipinski definition) is 0. The first-order valence-electron chi connectivity index (χ1n) is 6.99. The van der Waals surface area contributed by atoms with E-state index in [-0.39, 0.29) is 11.6 Å². The van der Waals surface area contributed by atoms with Gasteiger partial charge in [-0.3, -0.25) is 4.98 Å². The fraction of sp³-hybridized carbons (Fsp3) is 0.250. The third kappa shape index (κ3) is 2.39. The fourth-order valence-electron chi connectivity index (χ4n) is 2.44. The lowest BCUT2D eigenvalue weighted by Gasteiger charge is -2.17. The van der Waals surface area contributed by atoms with Crippen molar-refractivity contribution in [2.75, 3.05) is 6.26 Å². The number of hydrogen-bond acceptors (Lipinski definition) is 5. The van der Waals surface area contributed by atoms with E-state index >= 15 is 0 Å². The van der Waals surface area contributed by atoms with Crippen molar-refractivity contribution in [1.82, 2.24) is 19.5 Å². The van der Waals surface area contributed by atoms with Crippen LogP contribution in [-0.2, 0) is 0 Å². The molecule has 112 valence electrons. The first kappa shape index (κ1) is 14.7. The Hall–Kier alpha value is -2.21. The van der Waals surface area contributed by atoms with Crippen LogP contribution in [0.1, 0.15) is 25.5 Å². The molecule has 3 heterocycles. The molecule has 3 aromatic rings. The van der Waals surface area contributed by atoms with Crippen molar-refractivity contribution in [3.05, 3.63) is 53.0 Å². The number of aromatic nitrogens is 4. The Balaban J connectivity index is 2.47. The van der Waals surface area contributed by atoms with Crippen molar-refractivity contribution in [2.24, 2.45) is 0 Å². The van der Waals surface area contributed by atoms with Gasteiger partial charge in [0, 0.05) is 28.9 Å². The van der Waals surface area contributed by atoms with Crippen LogP contribution in [0.15, 0.2) is 46.5 Å². The smallest absolute Gasteiger partial charge is 0.259 e. The van der Waals surface area contributed by atoms with Gasteiger partial charge in [-0.25, -0.2) is 19.3 Å². The van der Waals surface area contributed by atoms with E-state index in [1.54, 1.807) is 34.9 Å². The molecule has 3 rings (SSSR count). The summed E-state index contributed by atoms with van der Waals surface area (Å²) < 4.78 is 1.57. The molecule has 0 bridgehead atoms. The van der Waals surface area contributed by atoms with Crippen molar-refractivity contribution >= 4 is 22.8 Å². The zero-order chi connectivity index (χ0) is 15.7. The van der Waals surface area contributed by atoms with E-state index in [0.29, 0.717) is 5.65 Å². The normalized spacial score (nSPS) is 11.3. The van der Waals surface area contributed by atoms with E-state index in [4.69, 9.17) is 0 Å². The summed E-state index contributed by atoms with van der Waals surface area (Å²) in [5, 5.41) is 0.827. The zero-order valence-corrected chi connectivity index (χ0v) is 13.5. The van der Waals surface area contributed by atoms with Gasteiger partial charge in [-0.1, -0.05) is 13.8 Å². The molecule has 0 aromatic carbocycles. The van der Waals surface area contributed by atoms with E-state index in [0.717, 1.165) is 21.7 Å². The van der Waals surface area contributed by atoms with Crippen LogP contribution in [0.5, 0.6) is 0 Å². The minimum atomic E-state index is -0.337. The Kier molecular flexibility index (Phi) is 3.94. The van der Waals surface area contributed by atoms with E-state index in [1.165, 1.54) is 0 Å². The largest absolute Gasteiger partial charge is 0.353 e. The lowest BCUT2D eigenvalue weighted by atomic mass is 10.1. The van der Waals surface area contributed by atoms with E-state index in [9.17, 15) is 4.79 Å². The van der Waals surface area contributed by atoms with Crippen molar-refractivity contribution < 1.29 is 0 Å². The summed E-state index contributed by atoms with van der Waals surface area (Å²) in [7, 11) is 0. The van der Waals surface area contributed by atoms with Gasteiger partial charge in [0.25, 0.3) is 0 Å². The SMILES string of the molecule is CSc1ccnc(C(C)C)c1-n1c(=O)ncc2cccnc21. The second kappa shape index (κ2) is 5.88. The highest BCUT2D eigenvalue weighted by atomic mass is 32.2. The lowest BCUT2D eigenvalue weighted by molar-refractivity contribution is 0.783. The Bertz CT molecular complexity index is 889. The number of fused-ring (bicyclic) bond motifs is 1. The molecule has 0 unspecified atom stereocenters. The van der Waals surface area contributed by atoms with Gasteiger partial charge in [0.15, 0.2) is 0 Å². The Morgan fingerprint density at radius 2 is 1.95 bits per heavy atom. The Labute approximate surface area is 132 Å². The molecular weight excluding hydrogens is 296 g/mol. The molecule has 0 aliphatic heterocycles. The summed E-state index contributed by atoms with van der Waals surface area (Å²) in [4.78, 5) is 26.3. The lowest BCUT2D eigenvalue weighted by Crippen LogP contribution is -2.24. The number of nitrogens with zero attached hydrogens (tertiary/aromatic N) is 4. The maximum absolute atomic E-state index is 12.5. The second-order valence-electron chi connectivity index (χ2n) is 5.19. The van der Waals surface area contributed by atoms with Gasteiger partial charge < -0.3 is 0 Å². The highest BCUT2D eigenvalue weighted by molar-refractivity contribution is 7.98. The molecule has 0 N–H and O–H groups in total. The summed E-state index contributed by atoms with van der Waals surface area (Å²) >= 11 is 1.58. The standard InChI is InChI=1S/C16H16N4OS/c1-10(2)13-14(12(22-3)6-8-17-13)20-15-11(5-4-7-18-15)9-19-16(20)21/h4-10H,1-3H3. The van der Waals surface area contributed by atoms with Crippen molar-refractivity contribution in [3.8, 4) is 5.69 Å². The van der Waals surface area contributed by atoms with Crippen LogP contribution in [0.4, 0.5) is 0 Å². The van der Waals surface area contributed by atoms with Crippen molar-refractivity contribution in [3.63, 3.8) is 0 Å². The molecule has 3 aromatic heterocycles. The number of thioether (sulfide) groups is 1. The number of pyridine rings is 2. The predicted octanol–water partition coefficient (Wildman–Crippen LogP) is 3.02. The topological polar surface area (TPSA) is 60.7 Å². The van der Waals surface area contributed by atoms with E-state index in [2.05, 4.69) is 28.8 Å². The average Bonchev–Trinajstić information content (AvgIpc) is 2.54. The second-order valence-corrected chi connectivity index (χ2v) is 6.04. The molecular formula is C16H16N4OS. The van der Waals surface area contributed by atoms with Gasteiger partial charge in [-0.05, 0) is 30.4 Å². The predicted molar refractivity (Wildman–Crippen MR) is 88.8 cm³/mol. The van der Waals surface area contributed by atoms with Crippen molar-refractivity contribution in [1.29, 1.82) is 0 Å². The fourth-order valence-corrected chi connectivity index (χ4v) is 3.02. The highest BCUT2D eigenvalue weighted by Gasteiger charge is 2.18. The molecule has 6 heteroatoms. The maximum atomic E-state index is 12.5. The summed E-state index contributed by atoms with van der Waals surface area (Å²) in [6, 6.07) is 5.65. The third-order valence-corrected chi connectivity index (χ3v) is 4.21. The van der Waals surface area contributed by atoms with Gasteiger partial charge in [-0.15, -0.1) is 11.8 Å². The molecule has 0 saturated carbocycles. The van der Waals surface area contributed by atoms with Crippen LogP contribution < -0.4 is 5.69 Å². The molecule has 0 aliphatic rings. The summed E-state index contributed by atoms with van der Waals surface area (Å²) in [5.41, 5.74) is 1.92. The van der Waals surface area contributed by atoms with Gasteiger partial charge in [0.2, 0.25) is 0 Å². The molecule has 0 aliphatic carbocycles. The van der Waals surface area contributed by atoms with E-state index < -0.39 is 0 Å². The van der Waals surface area contributed by atoms with Crippen LogP contribution in [0.3, 0.4) is 0 Å². The first-order valence-corrected chi connectivity index (χ1v) is 8.22. The van der Waals surface area contributed by atoms with Crippen LogP contribution in [0.25, 0.3) is 16.7 Å². The highest BCUT2D eigenvalue weighted by Crippen LogP contribution is 2.30. The minimum absolute atomic E-state index is 0.188. The summed E-state index contributed by atoms with van der Waals surface area (Å²) in [6.07, 6.45) is 7.01. The molecule has 0 amide bonds. The zero-order valence-electron chi connectivity index (χ0n) is 12.6. The van der Waals surface area contributed by atoms with Gasteiger partial charge in [0.1, 0.15) is 5.65 Å². The minimum Gasteiger partial charge on any atom is -0.259 e. The summed E-state index contributed by atoms with van der Waals surface area (Å²) in [5.74, 6) is 0.188. The van der Waals surface area contributed by atoms with Gasteiger partial charge in [0.05, 0.1) is 11.4 Å². The monoisotopic (exact) mass is 312 g/mol. The molecule has 5 nitrogen and oxygen atoms in total. The van der Waals surface area contributed by atoms with Gasteiger partial charge >= 0.3 is 5.69 Å².